The fraction of sp³-hybridized carbons (Fsp3) is 0.421. The Kier molecular flexibility index (Phi) is 4.49. The van der Waals surface area contributed by atoms with Crippen molar-refractivity contribution < 1.29 is 22.4 Å². The third-order valence-electron chi connectivity index (χ3n) is 4.99. The third kappa shape index (κ3) is 3.09. The Morgan fingerprint density at radius 3 is 2.75 bits per heavy atom. The van der Waals surface area contributed by atoms with Gasteiger partial charge in [0.1, 0.15) is 5.69 Å². The first-order valence-electron chi connectivity index (χ1n) is 9.06. The van der Waals surface area contributed by atoms with E-state index in [1.54, 1.807) is 22.9 Å². The van der Waals surface area contributed by atoms with Crippen LogP contribution in [0.15, 0.2) is 28.9 Å². The highest BCUT2D eigenvalue weighted by Gasteiger charge is 2.33. The van der Waals surface area contributed by atoms with E-state index in [4.69, 9.17) is 14.1 Å². The van der Waals surface area contributed by atoms with E-state index in [0.29, 0.717) is 40.2 Å². The van der Waals surface area contributed by atoms with Crippen LogP contribution in [0.3, 0.4) is 0 Å². The molecule has 0 aromatic carbocycles. The van der Waals surface area contributed by atoms with Crippen molar-refractivity contribution >= 4 is 26.8 Å². The zero-order chi connectivity index (χ0) is 20.1. The van der Waals surface area contributed by atoms with E-state index in [9.17, 15) is 13.2 Å². The van der Waals surface area contributed by atoms with Crippen LogP contribution in [-0.4, -0.2) is 47.8 Å². The van der Waals surface area contributed by atoms with Crippen molar-refractivity contribution in [3.05, 3.63) is 35.7 Å². The zero-order valence-corrected chi connectivity index (χ0v) is 16.7. The number of esters is 1. The summed E-state index contributed by atoms with van der Waals surface area (Å²) in [6, 6.07) is 4.85. The van der Waals surface area contributed by atoms with Crippen LogP contribution in [0.4, 0.5) is 0 Å². The highest BCUT2D eigenvalue weighted by atomic mass is 32.2. The Morgan fingerprint density at radius 1 is 1.39 bits per heavy atom. The minimum atomic E-state index is -3.12. The Hall–Kier alpha value is -2.68. The van der Waals surface area contributed by atoms with E-state index in [2.05, 4.69) is 5.10 Å². The van der Waals surface area contributed by atoms with Gasteiger partial charge in [0.15, 0.2) is 21.2 Å². The van der Waals surface area contributed by atoms with Crippen molar-refractivity contribution in [2.75, 3.05) is 18.6 Å². The quantitative estimate of drug-likeness (QED) is 0.617. The summed E-state index contributed by atoms with van der Waals surface area (Å²) in [6.45, 7) is 3.95. The van der Waals surface area contributed by atoms with Crippen molar-refractivity contribution in [2.45, 2.75) is 32.2 Å². The first-order valence-corrected chi connectivity index (χ1v) is 10.9. The normalized spacial score (nSPS) is 18.8. The summed E-state index contributed by atoms with van der Waals surface area (Å²) >= 11 is 0. The van der Waals surface area contributed by atoms with Crippen molar-refractivity contribution in [1.82, 2.24) is 14.8 Å². The molecule has 0 aliphatic carbocycles. The molecule has 28 heavy (non-hydrogen) atoms. The summed E-state index contributed by atoms with van der Waals surface area (Å²) in [4.78, 5) is 17.3. The molecule has 8 nitrogen and oxygen atoms in total. The minimum absolute atomic E-state index is 0.00250. The molecule has 9 heteroatoms. The van der Waals surface area contributed by atoms with E-state index >= 15 is 0 Å². The summed E-state index contributed by atoms with van der Waals surface area (Å²) in [5.41, 5.74) is 1.98. The van der Waals surface area contributed by atoms with Gasteiger partial charge in [-0.3, -0.25) is 0 Å². The van der Waals surface area contributed by atoms with Gasteiger partial charge in [-0.2, -0.15) is 5.10 Å². The molecule has 4 heterocycles. The van der Waals surface area contributed by atoms with Crippen molar-refractivity contribution in [1.29, 1.82) is 0 Å². The smallest absolute Gasteiger partial charge is 0.338 e. The van der Waals surface area contributed by atoms with E-state index in [1.807, 2.05) is 13.8 Å². The molecule has 1 unspecified atom stereocenters. The van der Waals surface area contributed by atoms with Gasteiger partial charge in [0.25, 0.3) is 0 Å². The number of nitrogens with zero attached hydrogens (tertiary/aromatic N) is 3. The molecule has 0 saturated carbocycles. The molecule has 1 saturated heterocycles. The van der Waals surface area contributed by atoms with Crippen LogP contribution in [0.2, 0.25) is 0 Å². The number of fused-ring (bicyclic) bond motifs is 1. The number of rotatable bonds is 4. The number of aromatic nitrogens is 3. The molecule has 0 N–H and O–H groups in total. The first-order chi connectivity index (χ1) is 13.3. The lowest BCUT2D eigenvalue weighted by Crippen LogP contribution is -2.14. The number of pyridine rings is 1. The van der Waals surface area contributed by atoms with E-state index in [0.717, 1.165) is 0 Å². The number of ether oxygens (including phenoxy) is 1. The molecule has 4 rings (SSSR count). The Morgan fingerprint density at radius 2 is 2.18 bits per heavy atom. The Bertz CT molecular complexity index is 1150. The van der Waals surface area contributed by atoms with Gasteiger partial charge in [0.2, 0.25) is 0 Å². The van der Waals surface area contributed by atoms with Gasteiger partial charge in [-0.1, -0.05) is 13.8 Å². The Balaban J connectivity index is 2.05. The lowest BCUT2D eigenvalue weighted by Gasteiger charge is -2.12. The molecule has 0 amide bonds. The van der Waals surface area contributed by atoms with Crippen LogP contribution in [0.5, 0.6) is 0 Å². The lowest BCUT2D eigenvalue weighted by molar-refractivity contribution is 0.0602. The van der Waals surface area contributed by atoms with E-state index < -0.39 is 15.8 Å². The van der Waals surface area contributed by atoms with Crippen LogP contribution in [0.1, 0.15) is 48.3 Å². The second-order valence-electron chi connectivity index (χ2n) is 7.27. The molecular formula is C19H21N3O5S. The number of carbonyl (C=O) groups excluding carboxylic acids is 1. The van der Waals surface area contributed by atoms with Gasteiger partial charge >= 0.3 is 5.97 Å². The molecule has 3 aromatic heterocycles. The number of methoxy groups -OCH3 is 1. The maximum absolute atomic E-state index is 12.5. The molecule has 1 atom stereocenters. The number of carbonyl (C=O) groups is 1. The number of furan rings is 1. The number of sulfone groups is 1. The largest absolute Gasteiger partial charge is 0.465 e. The average molecular weight is 403 g/mol. The predicted molar refractivity (Wildman–Crippen MR) is 103 cm³/mol. The molecule has 148 valence electrons. The number of hydrogen-bond acceptors (Lipinski definition) is 7. The van der Waals surface area contributed by atoms with E-state index in [1.165, 1.54) is 13.4 Å². The monoisotopic (exact) mass is 403 g/mol. The molecule has 1 aliphatic heterocycles. The van der Waals surface area contributed by atoms with Gasteiger partial charge in [0, 0.05) is 5.69 Å². The molecule has 1 fully saturated rings. The third-order valence-corrected chi connectivity index (χ3v) is 6.74. The van der Waals surface area contributed by atoms with Crippen molar-refractivity contribution in [2.24, 2.45) is 0 Å². The Labute approximate surface area is 162 Å². The maximum Gasteiger partial charge on any atom is 0.338 e. The van der Waals surface area contributed by atoms with Gasteiger partial charge in [-0.05, 0) is 30.5 Å². The summed E-state index contributed by atoms with van der Waals surface area (Å²) in [7, 11) is -1.79. The highest BCUT2D eigenvalue weighted by Crippen LogP contribution is 2.36. The summed E-state index contributed by atoms with van der Waals surface area (Å²) in [5, 5.41) is 5.16. The first kappa shape index (κ1) is 18.7. The molecule has 0 bridgehead atoms. The van der Waals surface area contributed by atoms with Crippen LogP contribution in [0, 0.1) is 0 Å². The molecule has 1 aliphatic rings. The highest BCUT2D eigenvalue weighted by molar-refractivity contribution is 7.91. The molecule has 0 spiro atoms. The summed E-state index contributed by atoms with van der Waals surface area (Å²) < 4.78 is 36.2. The maximum atomic E-state index is 12.5. The van der Waals surface area contributed by atoms with Gasteiger partial charge in [0.05, 0.1) is 41.9 Å². The zero-order valence-electron chi connectivity index (χ0n) is 15.9. The van der Waals surface area contributed by atoms with Crippen molar-refractivity contribution in [3.63, 3.8) is 0 Å². The fourth-order valence-corrected chi connectivity index (χ4v) is 5.22. The molecule has 3 aromatic rings. The van der Waals surface area contributed by atoms with Gasteiger partial charge < -0.3 is 9.15 Å². The molecular weight excluding hydrogens is 382 g/mol. The minimum Gasteiger partial charge on any atom is -0.465 e. The predicted octanol–water partition coefficient (Wildman–Crippen LogP) is 2.96. The fourth-order valence-electron chi connectivity index (χ4n) is 3.53. The van der Waals surface area contributed by atoms with Crippen LogP contribution >= 0.6 is 0 Å². The van der Waals surface area contributed by atoms with Gasteiger partial charge in [-0.25, -0.2) is 22.9 Å². The summed E-state index contributed by atoms with van der Waals surface area (Å²) in [6.07, 6.45) is 1.98. The summed E-state index contributed by atoms with van der Waals surface area (Å²) in [5.74, 6) is 0.163. The van der Waals surface area contributed by atoms with Gasteiger partial charge in [-0.15, -0.1) is 0 Å². The average Bonchev–Trinajstić information content (AvgIpc) is 3.37. The van der Waals surface area contributed by atoms with Crippen molar-refractivity contribution in [3.8, 4) is 11.5 Å². The lowest BCUT2D eigenvalue weighted by atomic mass is 10.0. The topological polar surface area (TPSA) is 104 Å². The second-order valence-corrected chi connectivity index (χ2v) is 9.50. The van der Waals surface area contributed by atoms with E-state index in [-0.39, 0.29) is 23.5 Å². The standard InChI is InChI=1S/C19H21N3O5S/c1-11(2)14-9-13(19(23)26-3)16-17(15-5-4-7-27-15)21-22(18(16)20-14)12-6-8-28(24,25)10-12/h4-5,7,9,11-12H,6,8,10H2,1-3H3. The SMILES string of the molecule is COC(=O)c1cc(C(C)C)nc2c1c(-c1ccco1)nn2C1CCS(=O)(=O)C1. The van der Waals surface area contributed by atoms with Crippen LogP contribution < -0.4 is 0 Å². The number of hydrogen-bond donors (Lipinski definition) is 0. The van der Waals surface area contributed by atoms with Crippen LogP contribution in [0.25, 0.3) is 22.5 Å². The molecule has 0 radical (unpaired) electrons. The van der Waals surface area contributed by atoms with Crippen LogP contribution in [-0.2, 0) is 14.6 Å². The second kappa shape index (κ2) is 6.73.